The number of alkyl halides is 12. The second-order valence-corrected chi connectivity index (χ2v) is 8.50. The van der Waals surface area contributed by atoms with Crippen LogP contribution in [0, 0.1) is 0 Å². The van der Waals surface area contributed by atoms with Crippen LogP contribution < -0.4 is 0 Å². The van der Waals surface area contributed by atoms with Crippen molar-refractivity contribution in [2.75, 3.05) is 13.1 Å². The second-order valence-electron chi connectivity index (χ2n) is 4.21. The fourth-order valence-corrected chi connectivity index (χ4v) is 6.10. The van der Waals surface area contributed by atoms with Gasteiger partial charge in [-0.3, -0.25) is 0 Å². The van der Waals surface area contributed by atoms with E-state index < -0.39 is 73.3 Å². The molecule has 1 aliphatic heterocycles. The van der Waals surface area contributed by atoms with Gasteiger partial charge in [0.2, 0.25) is 0 Å². The molecule has 0 aromatic heterocycles. The van der Waals surface area contributed by atoms with Crippen molar-refractivity contribution in [3.05, 3.63) is 0 Å². The molecule has 1 aliphatic rings. The summed E-state index contributed by atoms with van der Waals surface area (Å²) in [5, 5.41) is 0. The summed E-state index contributed by atoms with van der Waals surface area (Å²) in [5.41, 5.74) is -5.21. The average Bonchev–Trinajstić information content (AvgIpc) is 2.67. The molecule has 0 aromatic carbocycles. The first kappa shape index (κ1) is 21.3. The Morgan fingerprint density at radius 3 is 1.12 bits per heavy atom. The van der Waals surface area contributed by atoms with Crippen LogP contribution in [-0.4, -0.2) is 73.3 Å². The molecule has 0 N–H and O–H groups in total. The van der Waals surface area contributed by atoms with Crippen LogP contribution >= 0.6 is 0 Å². The molecule has 0 unspecified atom stereocenters. The van der Waals surface area contributed by atoms with Crippen molar-refractivity contribution < 1.29 is 52.7 Å². The zero-order valence-corrected chi connectivity index (χ0v) is 13.3. The Bertz CT molecular complexity index is 478. The zero-order valence-electron chi connectivity index (χ0n) is 10.7. The van der Waals surface area contributed by atoms with Crippen molar-refractivity contribution in [3.8, 4) is 0 Å². The van der Waals surface area contributed by atoms with Gasteiger partial charge >= 0.3 is 132 Å². The van der Waals surface area contributed by atoms with E-state index in [0.29, 0.717) is 0 Å². The normalized spacial score (nSPS) is 18.2. The molecule has 0 aromatic rings. The summed E-state index contributed by atoms with van der Waals surface area (Å²) in [6.45, 7) is -4.75. The molecule has 0 amide bonds. The van der Waals surface area contributed by atoms with Crippen molar-refractivity contribution in [2.24, 2.45) is 6.30 Å². The number of halogens is 12. The minimum atomic E-state index is -5.71. The van der Waals surface area contributed by atoms with E-state index in [9.17, 15) is 52.7 Å². The Labute approximate surface area is 133 Å². The van der Waals surface area contributed by atoms with Gasteiger partial charge in [-0.2, -0.15) is 0 Å². The van der Waals surface area contributed by atoms with Crippen LogP contribution in [0.2, 0.25) is 0 Å². The molecule has 0 bridgehead atoms. The van der Waals surface area contributed by atoms with Crippen molar-refractivity contribution in [3.63, 3.8) is 0 Å². The Balaban J connectivity index is 3.28. The van der Waals surface area contributed by atoms with Crippen LogP contribution in [0.4, 0.5) is 52.7 Å². The van der Waals surface area contributed by atoms with Crippen molar-refractivity contribution >= 4 is 32.5 Å². The van der Waals surface area contributed by atoms with E-state index in [-0.39, 0.29) is 0 Å². The summed E-state index contributed by atoms with van der Waals surface area (Å²) in [6, 6.07) is 0. The monoisotopic (exact) mass is 491 g/mol. The number of nitrogens with zero attached hydrogens (tertiary/aromatic N) is 3. The van der Waals surface area contributed by atoms with Gasteiger partial charge in [-0.15, -0.1) is 0 Å². The molecule has 1 heterocycles. The van der Waals surface area contributed by atoms with Crippen LogP contribution in [0.3, 0.4) is 0 Å². The van der Waals surface area contributed by atoms with E-state index in [2.05, 4.69) is 6.30 Å². The topological polar surface area (TPSA) is 28.0 Å². The Kier molecular flexibility index (Phi) is 5.81. The maximum absolute atomic E-state index is 12.5. The number of rotatable bonds is 3. The first-order chi connectivity index (χ1) is 10.4. The van der Waals surface area contributed by atoms with Gasteiger partial charge in [0.25, 0.3) is 0 Å². The van der Waals surface area contributed by atoms with Crippen LogP contribution in [0.25, 0.3) is 0 Å². The molecule has 0 fully saturated rings. The molecule has 24 heavy (non-hydrogen) atoms. The van der Waals surface area contributed by atoms with E-state index in [0.717, 1.165) is 0 Å². The summed E-state index contributed by atoms with van der Waals surface area (Å²) in [7, 11) is 0. The molecule has 16 heteroatoms. The fraction of sp³-hybridized carbons (Fsp3) is 0.750. The van der Waals surface area contributed by atoms with Crippen LogP contribution in [0.1, 0.15) is 0 Å². The van der Waals surface area contributed by atoms with Crippen molar-refractivity contribution in [2.45, 2.75) is 24.7 Å². The van der Waals surface area contributed by atoms with Crippen LogP contribution in [0.5, 0.6) is 0 Å². The molecular weight excluding hydrogens is 488 g/mol. The fourth-order valence-electron chi connectivity index (χ4n) is 1.40. The van der Waals surface area contributed by atoms with Gasteiger partial charge in [0, 0.05) is 0 Å². The SMILES string of the molecule is FC(F)(F)C[N](CC(F)(F)F)[Sb]1[N]=C(C(F)(F)F)C(C(F)(F)F)=[N]1. The maximum atomic E-state index is 12.5. The first-order valence-corrected chi connectivity index (χ1v) is 8.83. The third-order valence-corrected chi connectivity index (χ3v) is 6.53. The summed E-state index contributed by atoms with van der Waals surface area (Å²) in [4.78, 5) is 0. The zero-order chi connectivity index (χ0) is 19.1. The van der Waals surface area contributed by atoms with Crippen LogP contribution in [-0.2, 0) is 0 Å². The van der Waals surface area contributed by atoms with Crippen molar-refractivity contribution in [1.29, 1.82) is 0 Å². The molecule has 0 atom stereocenters. The number of hydrogen-bond donors (Lipinski definition) is 0. The molecule has 1 rings (SSSR count). The van der Waals surface area contributed by atoms with Gasteiger partial charge in [-0.25, -0.2) is 0 Å². The summed E-state index contributed by atoms with van der Waals surface area (Å²) < 4.78 is 153. The molecule has 0 saturated heterocycles. The van der Waals surface area contributed by atoms with E-state index >= 15 is 0 Å². The van der Waals surface area contributed by atoms with Crippen molar-refractivity contribution in [1.82, 2.24) is 3.06 Å². The van der Waals surface area contributed by atoms with E-state index in [1.165, 1.54) is 0 Å². The third kappa shape index (κ3) is 6.30. The first-order valence-electron chi connectivity index (χ1n) is 5.40. The summed E-state index contributed by atoms with van der Waals surface area (Å²) >= 11 is -5.10. The van der Waals surface area contributed by atoms with E-state index in [1.807, 2.05) is 0 Å². The van der Waals surface area contributed by atoms with E-state index in [1.54, 1.807) is 0 Å². The van der Waals surface area contributed by atoms with Gasteiger partial charge in [0.05, 0.1) is 0 Å². The Morgan fingerprint density at radius 1 is 0.625 bits per heavy atom. The summed E-state index contributed by atoms with van der Waals surface area (Å²) in [6.07, 6.45) is -22.0. The molecule has 0 radical (unpaired) electrons. The predicted octanol–water partition coefficient (Wildman–Crippen LogP) is 3.42. The molecule has 140 valence electrons. The Morgan fingerprint density at radius 2 is 0.917 bits per heavy atom. The quantitative estimate of drug-likeness (QED) is 0.439. The van der Waals surface area contributed by atoms with Gasteiger partial charge in [-0.1, -0.05) is 0 Å². The van der Waals surface area contributed by atoms with Gasteiger partial charge < -0.3 is 0 Å². The number of hydrogen-bond acceptors (Lipinski definition) is 3. The predicted molar refractivity (Wildman–Crippen MR) is 56.4 cm³/mol. The molecule has 3 nitrogen and oxygen atoms in total. The summed E-state index contributed by atoms with van der Waals surface area (Å²) in [5.74, 6) is 0. The second kappa shape index (κ2) is 6.54. The van der Waals surface area contributed by atoms with Crippen LogP contribution in [0.15, 0.2) is 6.30 Å². The third-order valence-electron chi connectivity index (χ3n) is 2.12. The van der Waals surface area contributed by atoms with Gasteiger partial charge in [0.1, 0.15) is 0 Å². The minimum absolute atomic E-state index is 0.604. The average molecular weight is 492 g/mol. The molecular formula is C8H4F12N3Sb. The van der Waals surface area contributed by atoms with Gasteiger partial charge in [-0.05, 0) is 0 Å². The van der Waals surface area contributed by atoms with Gasteiger partial charge in [0.15, 0.2) is 0 Å². The Hall–Kier alpha value is -0.722. The standard InChI is InChI=1S/C4F6N2.C4H4F6N.Sb/c5-3(6,7)1(11)2(12)4(8,9)10;5-3(6,7)1-11-2-4(8,9)10;/h;1-2H2;/q-2;-1;+3. The molecule has 0 spiro atoms. The molecule has 0 aliphatic carbocycles. The molecule has 0 saturated carbocycles. The van der Waals surface area contributed by atoms with E-state index in [4.69, 9.17) is 0 Å².